The Labute approximate surface area is 93.5 Å². The quantitative estimate of drug-likeness (QED) is 0.804. The molecular weight excluding hydrogens is 206 g/mol. The molecule has 1 aromatic carbocycles. The summed E-state index contributed by atoms with van der Waals surface area (Å²) in [5.41, 5.74) is 0.612. The number of oxazole rings is 1. The van der Waals surface area contributed by atoms with Gasteiger partial charge in [-0.1, -0.05) is 18.2 Å². The monoisotopic (exact) mass is 219 g/mol. The summed E-state index contributed by atoms with van der Waals surface area (Å²) in [6, 6.07) is 9.07. The van der Waals surface area contributed by atoms with Gasteiger partial charge in [0.05, 0.1) is 5.69 Å². The first-order chi connectivity index (χ1) is 7.59. The fraction of sp³-hybridized carbons (Fsp3) is 0.250. The van der Waals surface area contributed by atoms with Crippen molar-refractivity contribution in [2.75, 3.05) is 0 Å². The van der Waals surface area contributed by atoms with E-state index in [1.54, 1.807) is 19.1 Å². The summed E-state index contributed by atoms with van der Waals surface area (Å²) in [5, 5.41) is 10.2. The molecule has 4 nitrogen and oxygen atoms in total. The van der Waals surface area contributed by atoms with Gasteiger partial charge in [-0.15, -0.1) is 0 Å². The van der Waals surface area contributed by atoms with E-state index in [2.05, 4.69) is 4.98 Å². The van der Waals surface area contributed by atoms with Crippen molar-refractivity contribution in [2.24, 2.45) is 0 Å². The molecule has 4 heteroatoms. The summed E-state index contributed by atoms with van der Waals surface area (Å²) in [6.07, 6.45) is 1.29. The number of hydrogen-bond acceptors (Lipinski definition) is 4. The van der Waals surface area contributed by atoms with Gasteiger partial charge in [0.25, 0.3) is 5.79 Å². The molecule has 16 heavy (non-hydrogen) atoms. The summed E-state index contributed by atoms with van der Waals surface area (Å²) in [7, 11) is 0. The highest BCUT2D eigenvalue weighted by Crippen LogP contribution is 2.27. The fourth-order valence-corrected chi connectivity index (χ4v) is 1.51. The van der Waals surface area contributed by atoms with Gasteiger partial charge < -0.3 is 14.3 Å². The maximum absolute atomic E-state index is 10.2. The topological polar surface area (TPSA) is 55.5 Å². The van der Waals surface area contributed by atoms with Crippen molar-refractivity contribution in [3.8, 4) is 5.75 Å². The number of aryl methyl sites for hydroxylation is 1. The third-order valence-corrected chi connectivity index (χ3v) is 2.23. The average Bonchev–Trinajstić information content (AvgIpc) is 2.66. The Hall–Kier alpha value is -1.81. The van der Waals surface area contributed by atoms with Crippen molar-refractivity contribution >= 4 is 0 Å². The van der Waals surface area contributed by atoms with Crippen molar-refractivity contribution in [3.63, 3.8) is 0 Å². The van der Waals surface area contributed by atoms with Gasteiger partial charge in [0.2, 0.25) is 0 Å². The molecular formula is C12H13NO3. The summed E-state index contributed by atoms with van der Waals surface area (Å²) in [6.45, 7) is 3.27. The minimum absolute atomic E-state index is 0.316. The Morgan fingerprint density at radius 2 is 2.00 bits per heavy atom. The maximum atomic E-state index is 10.2. The van der Waals surface area contributed by atoms with E-state index in [-0.39, 0.29) is 0 Å². The summed E-state index contributed by atoms with van der Waals surface area (Å²) < 4.78 is 10.6. The molecule has 0 aliphatic heterocycles. The number of ether oxygens (including phenoxy) is 1. The van der Waals surface area contributed by atoms with E-state index in [4.69, 9.17) is 9.15 Å². The number of aliphatic hydroxyl groups is 1. The molecule has 1 atom stereocenters. The number of aromatic nitrogens is 1. The molecule has 0 spiro atoms. The highest BCUT2D eigenvalue weighted by Gasteiger charge is 2.31. The molecule has 0 amide bonds. The predicted octanol–water partition coefficient (Wildman–Crippen LogP) is 2.23. The molecule has 0 saturated carbocycles. The van der Waals surface area contributed by atoms with Crippen LogP contribution in [-0.2, 0) is 5.79 Å². The number of para-hydroxylation sites is 1. The summed E-state index contributed by atoms with van der Waals surface area (Å²) in [5.74, 6) is -0.623. The molecule has 1 N–H and O–H groups in total. The first kappa shape index (κ1) is 10.7. The van der Waals surface area contributed by atoms with Gasteiger partial charge in [0.15, 0.2) is 12.2 Å². The van der Waals surface area contributed by atoms with Crippen molar-refractivity contribution in [1.82, 2.24) is 4.98 Å². The Bertz CT molecular complexity index is 462. The smallest absolute Gasteiger partial charge is 0.266 e. The normalized spacial score (nSPS) is 14.4. The minimum Gasteiger partial charge on any atom is -0.455 e. The minimum atomic E-state index is -1.51. The molecule has 1 heterocycles. The van der Waals surface area contributed by atoms with Gasteiger partial charge in [0.1, 0.15) is 5.75 Å². The standard InChI is InChI=1S/C12H13NO3/c1-9-11(15-8-13-9)12(2,14)16-10-6-4-3-5-7-10/h3-8,14H,1-2H3. The van der Waals surface area contributed by atoms with Crippen LogP contribution < -0.4 is 4.74 Å². The van der Waals surface area contributed by atoms with Crippen molar-refractivity contribution in [2.45, 2.75) is 19.6 Å². The summed E-state index contributed by atoms with van der Waals surface area (Å²) >= 11 is 0. The molecule has 0 radical (unpaired) electrons. The lowest BCUT2D eigenvalue weighted by molar-refractivity contribution is -0.143. The lowest BCUT2D eigenvalue weighted by atomic mass is 10.2. The van der Waals surface area contributed by atoms with Gasteiger partial charge >= 0.3 is 0 Å². The number of hydrogen-bond donors (Lipinski definition) is 1. The van der Waals surface area contributed by atoms with E-state index in [9.17, 15) is 5.11 Å². The van der Waals surface area contributed by atoms with Crippen LogP contribution in [0.3, 0.4) is 0 Å². The molecule has 1 unspecified atom stereocenters. The maximum Gasteiger partial charge on any atom is 0.266 e. The molecule has 0 saturated heterocycles. The van der Waals surface area contributed by atoms with E-state index < -0.39 is 5.79 Å². The second-order valence-electron chi connectivity index (χ2n) is 3.66. The SMILES string of the molecule is Cc1ncoc1C(C)(O)Oc1ccccc1. The van der Waals surface area contributed by atoms with Crippen molar-refractivity contribution in [1.29, 1.82) is 0 Å². The number of nitrogens with zero attached hydrogens (tertiary/aromatic N) is 1. The Balaban J connectivity index is 2.24. The van der Waals surface area contributed by atoms with Crippen LogP contribution in [0.15, 0.2) is 41.1 Å². The first-order valence-electron chi connectivity index (χ1n) is 4.96. The van der Waals surface area contributed by atoms with Crippen LogP contribution in [0.1, 0.15) is 18.4 Å². The summed E-state index contributed by atoms with van der Waals surface area (Å²) in [4.78, 5) is 3.92. The predicted molar refractivity (Wildman–Crippen MR) is 57.9 cm³/mol. The van der Waals surface area contributed by atoms with Crippen LogP contribution in [0.2, 0.25) is 0 Å². The highest BCUT2D eigenvalue weighted by molar-refractivity contribution is 5.23. The van der Waals surface area contributed by atoms with Gasteiger partial charge in [-0.05, 0) is 19.1 Å². The molecule has 84 valence electrons. The third kappa shape index (κ3) is 2.06. The van der Waals surface area contributed by atoms with Gasteiger partial charge in [-0.3, -0.25) is 0 Å². The van der Waals surface area contributed by atoms with E-state index in [1.807, 2.05) is 18.2 Å². The van der Waals surface area contributed by atoms with E-state index in [1.165, 1.54) is 13.3 Å². The van der Waals surface area contributed by atoms with E-state index in [0.717, 1.165) is 0 Å². The Morgan fingerprint density at radius 3 is 2.56 bits per heavy atom. The van der Waals surface area contributed by atoms with E-state index >= 15 is 0 Å². The van der Waals surface area contributed by atoms with Crippen molar-refractivity contribution in [3.05, 3.63) is 48.2 Å². The zero-order chi connectivity index (χ0) is 11.6. The number of rotatable bonds is 3. The average molecular weight is 219 g/mol. The van der Waals surface area contributed by atoms with Crippen LogP contribution in [-0.4, -0.2) is 10.1 Å². The van der Waals surface area contributed by atoms with Gasteiger partial charge in [-0.2, -0.15) is 0 Å². The first-order valence-corrected chi connectivity index (χ1v) is 4.96. The molecule has 0 aliphatic carbocycles. The van der Waals surface area contributed by atoms with Gasteiger partial charge in [-0.25, -0.2) is 4.98 Å². The molecule has 2 aromatic rings. The molecule has 0 aliphatic rings. The van der Waals surface area contributed by atoms with Crippen LogP contribution in [0, 0.1) is 6.92 Å². The third-order valence-electron chi connectivity index (χ3n) is 2.23. The zero-order valence-electron chi connectivity index (χ0n) is 9.18. The largest absolute Gasteiger partial charge is 0.455 e. The van der Waals surface area contributed by atoms with E-state index in [0.29, 0.717) is 17.2 Å². The van der Waals surface area contributed by atoms with Crippen LogP contribution in [0.25, 0.3) is 0 Å². The van der Waals surface area contributed by atoms with Crippen LogP contribution in [0.4, 0.5) is 0 Å². The molecule has 0 fully saturated rings. The lowest BCUT2D eigenvalue weighted by Gasteiger charge is -2.22. The van der Waals surface area contributed by atoms with Crippen LogP contribution in [0.5, 0.6) is 5.75 Å². The molecule has 1 aromatic heterocycles. The highest BCUT2D eigenvalue weighted by atomic mass is 16.6. The lowest BCUT2D eigenvalue weighted by Crippen LogP contribution is -2.29. The second kappa shape index (κ2) is 3.98. The van der Waals surface area contributed by atoms with Crippen molar-refractivity contribution < 1.29 is 14.3 Å². The second-order valence-corrected chi connectivity index (χ2v) is 3.66. The molecule has 2 rings (SSSR count). The molecule has 0 bridgehead atoms. The Morgan fingerprint density at radius 1 is 1.31 bits per heavy atom. The van der Waals surface area contributed by atoms with Gasteiger partial charge in [0, 0.05) is 6.92 Å². The zero-order valence-corrected chi connectivity index (χ0v) is 9.18. The Kier molecular flexibility index (Phi) is 2.66. The van der Waals surface area contributed by atoms with Crippen LogP contribution >= 0.6 is 0 Å². The fourth-order valence-electron chi connectivity index (χ4n) is 1.51. The number of benzene rings is 1.